The van der Waals surface area contributed by atoms with E-state index >= 15 is 0 Å². The lowest BCUT2D eigenvalue weighted by atomic mass is 10.0. The van der Waals surface area contributed by atoms with E-state index in [1.54, 1.807) is 12.1 Å². The molecule has 0 saturated carbocycles. The summed E-state index contributed by atoms with van der Waals surface area (Å²) in [4.78, 5) is 1.98. The highest BCUT2D eigenvalue weighted by Gasteiger charge is 2.32. The van der Waals surface area contributed by atoms with Gasteiger partial charge < -0.3 is 10.2 Å². The molecule has 1 aromatic rings. The third kappa shape index (κ3) is 3.19. The molecule has 2 rings (SSSR count). The number of phenolic OH excluding ortho intramolecular Hbond substituents is 2. The monoisotopic (exact) mass is 285 g/mol. The van der Waals surface area contributed by atoms with Gasteiger partial charge in [-0.25, -0.2) is 8.42 Å². The first-order valence-electron chi connectivity index (χ1n) is 6.24. The molecule has 1 fully saturated rings. The molecule has 0 spiro atoms. The molecule has 1 aromatic carbocycles. The van der Waals surface area contributed by atoms with E-state index in [9.17, 15) is 18.6 Å². The van der Waals surface area contributed by atoms with Crippen LogP contribution >= 0.6 is 0 Å². The maximum Gasteiger partial charge on any atom is 0.151 e. The number of sulfone groups is 1. The Kier molecular flexibility index (Phi) is 3.73. The molecule has 1 aliphatic heterocycles. The largest absolute Gasteiger partial charge is 0.508 e. The molecule has 2 atom stereocenters. The van der Waals surface area contributed by atoms with Crippen molar-refractivity contribution in [2.45, 2.75) is 25.4 Å². The van der Waals surface area contributed by atoms with Crippen molar-refractivity contribution < 1.29 is 18.6 Å². The fourth-order valence-electron chi connectivity index (χ4n) is 2.51. The summed E-state index contributed by atoms with van der Waals surface area (Å²) in [5, 5.41) is 19.0. The summed E-state index contributed by atoms with van der Waals surface area (Å²) in [5.41, 5.74) is 0.768. The standard InChI is InChI=1S/C13H19NO4S/c1-9(10-5-12(15)7-13(16)6-10)14(2)11-3-4-19(17,18)8-11/h5-7,9,11,15-16H,3-4,8H2,1-2H3. The summed E-state index contributed by atoms with van der Waals surface area (Å²) in [5.74, 6) is 0.433. The maximum atomic E-state index is 11.5. The highest BCUT2D eigenvalue weighted by molar-refractivity contribution is 7.91. The molecular formula is C13H19NO4S. The van der Waals surface area contributed by atoms with Gasteiger partial charge in [-0.15, -0.1) is 0 Å². The number of benzene rings is 1. The van der Waals surface area contributed by atoms with E-state index in [4.69, 9.17) is 0 Å². The summed E-state index contributed by atoms with van der Waals surface area (Å²) >= 11 is 0. The molecule has 6 heteroatoms. The predicted molar refractivity (Wildman–Crippen MR) is 73.0 cm³/mol. The molecule has 0 bridgehead atoms. The van der Waals surface area contributed by atoms with Gasteiger partial charge in [0, 0.05) is 18.2 Å². The van der Waals surface area contributed by atoms with E-state index < -0.39 is 9.84 Å². The van der Waals surface area contributed by atoms with E-state index in [-0.39, 0.29) is 35.1 Å². The Morgan fingerprint density at radius 3 is 2.32 bits per heavy atom. The Morgan fingerprint density at radius 1 is 1.26 bits per heavy atom. The summed E-state index contributed by atoms with van der Waals surface area (Å²) in [6.07, 6.45) is 0.633. The number of hydrogen-bond donors (Lipinski definition) is 2. The minimum absolute atomic E-state index is 0.00861. The van der Waals surface area contributed by atoms with Crippen molar-refractivity contribution in [3.05, 3.63) is 23.8 Å². The number of hydrogen-bond acceptors (Lipinski definition) is 5. The van der Waals surface area contributed by atoms with Crippen molar-refractivity contribution in [2.75, 3.05) is 18.6 Å². The number of nitrogens with zero attached hydrogens (tertiary/aromatic N) is 1. The quantitative estimate of drug-likeness (QED) is 0.874. The van der Waals surface area contributed by atoms with Crippen LogP contribution in [0.1, 0.15) is 24.9 Å². The topological polar surface area (TPSA) is 77.8 Å². The molecule has 19 heavy (non-hydrogen) atoms. The average Bonchev–Trinajstić information content (AvgIpc) is 2.66. The second-order valence-electron chi connectivity index (χ2n) is 5.18. The molecule has 1 heterocycles. The Balaban J connectivity index is 2.17. The first-order chi connectivity index (χ1) is 8.78. The molecule has 0 amide bonds. The Morgan fingerprint density at radius 2 is 1.84 bits per heavy atom. The Bertz CT molecular complexity index is 550. The van der Waals surface area contributed by atoms with Crippen LogP contribution in [0.15, 0.2) is 18.2 Å². The first kappa shape index (κ1) is 14.1. The number of rotatable bonds is 3. The second-order valence-corrected chi connectivity index (χ2v) is 7.41. The number of phenols is 2. The van der Waals surface area contributed by atoms with Crippen LogP contribution in [0, 0.1) is 0 Å². The number of aromatic hydroxyl groups is 2. The van der Waals surface area contributed by atoms with Gasteiger partial charge in [-0.1, -0.05) is 0 Å². The molecule has 2 N–H and O–H groups in total. The van der Waals surface area contributed by atoms with Crippen molar-refractivity contribution in [1.29, 1.82) is 0 Å². The van der Waals surface area contributed by atoms with E-state index in [0.717, 1.165) is 5.56 Å². The SMILES string of the molecule is CC(c1cc(O)cc(O)c1)N(C)C1CCS(=O)(=O)C1. The van der Waals surface area contributed by atoms with Crippen LogP contribution in [0.2, 0.25) is 0 Å². The predicted octanol–water partition coefficient (Wildman–Crippen LogP) is 1.28. The maximum absolute atomic E-state index is 11.5. The average molecular weight is 285 g/mol. The van der Waals surface area contributed by atoms with Crippen LogP contribution in [0.25, 0.3) is 0 Å². The Hall–Kier alpha value is -1.27. The lowest BCUT2D eigenvalue weighted by Gasteiger charge is -2.30. The third-order valence-corrected chi connectivity index (χ3v) is 5.55. The molecule has 0 radical (unpaired) electrons. The van der Waals surface area contributed by atoms with Crippen molar-refractivity contribution in [3.8, 4) is 11.5 Å². The van der Waals surface area contributed by atoms with E-state index in [1.807, 2.05) is 18.9 Å². The van der Waals surface area contributed by atoms with Crippen LogP contribution in [0.3, 0.4) is 0 Å². The van der Waals surface area contributed by atoms with E-state index in [1.165, 1.54) is 6.07 Å². The van der Waals surface area contributed by atoms with Gasteiger partial charge in [0.05, 0.1) is 11.5 Å². The summed E-state index contributed by atoms with van der Waals surface area (Å²) in [6.45, 7) is 1.93. The lowest BCUT2D eigenvalue weighted by Crippen LogP contribution is -2.34. The molecule has 1 aliphatic rings. The van der Waals surface area contributed by atoms with Gasteiger partial charge in [-0.05, 0) is 38.1 Å². The van der Waals surface area contributed by atoms with Crippen molar-refractivity contribution in [2.24, 2.45) is 0 Å². The zero-order valence-electron chi connectivity index (χ0n) is 11.1. The first-order valence-corrected chi connectivity index (χ1v) is 8.06. The van der Waals surface area contributed by atoms with Gasteiger partial charge in [0.1, 0.15) is 11.5 Å². The minimum Gasteiger partial charge on any atom is -0.508 e. The fourth-order valence-corrected chi connectivity index (χ4v) is 4.29. The lowest BCUT2D eigenvalue weighted by molar-refractivity contribution is 0.200. The highest BCUT2D eigenvalue weighted by Crippen LogP contribution is 2.30. The minimum atomic E-state index is -2.91. The zero-order chi connectivity index (χ0) is 14.2. The van der Waals surface area contributed by atoms with Crippen LogP contribution in [0.5, 0.6) is 11.5 Å². The van der Waals surface area contributed by atoms with Gasteiger partial charge in [0.2, 0.25) is 0 Å². The van der Waals surface area contributed by atoms with Crippen molar-refractivity contribution in [1.82, 2.24) is 4.90 Å². The molecule has 0 aromatic heterocycles. The summed E-state index contributed by atoms with van der Waals surface area (Å²) in [6, 6.07) is 4.37. The van der Waals surface area contributed by atoms with Crippen molar-refractivity contribution in [3.63, 3.8) is 0 Å². The fraction of sp³-hybridized carbons (Fsp3) is 0.538. The summed E-state index contributed by atoms with van der Waals surface area (Å²) in [7, 11) is -1.04. The van der Waals surface area contributed by atoms with E-state index in [0.29, 0.717) is 6.42 Å². The highest BCUT2D eigenvalue weighted by atomic mass is 32.2. The van der Waals surface area contributed by atoms with Crippen molar-refractivity contribution >= 4 is 9.84 Å². The third-order valence-electron chi connectivity index (χ3n) is 3.80. The molecular weight excluding hydrogens is 266 g/mol. The van der Waals surface area contributed by atoms with Crippen LogP contribution in [-0.4, -0.2) is 48.1 Å². The van der Waals surface area contributed by atoms with E-state index in [2.05, 4.69) is 0 Å². The molecule has 1 saturated heterocycles. The normalized spacial score (nSPS) is 23.6. The second kappa shape index (κ2) is 5.02. The molecule has 106 valence electrons. The van der Waals surface area contributed by atoms with Crippen LogP contribution in [-0.2, 0) is 9.84 Å². The van der Waals surface area contributed by atoms with Gasteiger partial charge in [0.15, 0.2) is 9.84 Å². The Labute approximate surface area is 113 Å². The van der Waals surface area contributed by atoms with Crippen LogP contribution in [0.4, 0.5) is 0 Å². The van der Waals surface area contributed by atoms with Gasteiger partial charge in [-0.3, -0.25) is 4.90 Å². The smallest absolute Gasteiger partial charge is 0.151 e. The van der Waals surface area contributed by atoms with Crippen LogP contribution < -0.4 is 0 Å². The molecule has 2 unspecified atom stereocenters. The van der Waals surface area contributed by atoms with Gasteiger partial charge >= 0.3 is 0 Å². The van der Waals surface area contributed by atoms with Gasteiger partial charge in [0.25, 0.3) is 0 Å². The van der Waals surface area contributed by atoms with Gasteiger partial charge in [-0.2, -0.15) is 0 Å². The summed E-state index contributed by atoms with van der Waals surface area (Å²) < 4.78 is 23.0. The zero-order valence-corrected chi connectivity index (χ0v) is 11.9. The molecule has 5 nitrogen and oxygen atoms in total. The molecule has 0 aliphatic carbocycles.